The monoisotopic (exact) mass is 280 g/mol. The zero-order valence-corrected chi connectivity index (χ0v) is 9.96. The number of hydrogen-bond donors (Lipinski definition) is 2. The maximum absolute atomic E-state index is 13.6. The van der Waals surface area contributed by atoms with Crippen LogP contribution in [0.3, 0.4) is 0 Å². The molecule has 1 aromatic carbocycles. The summed E-state index contributed by atoms with van der Waals surface area (Å²) in [6.07, 6.45) is -4.52. The Bertz CT molecular complexity index is 488. The lowest BCUT2D eigenvalue weighted by Gasteiger charge is -2.25. The molecule has 0 aliphatic carbocycles. The van der Waals surface area contributed by atoms with E-state index in [4.69, 9.17) is 10.8 Å². The lowest BCUT2D eigenvalue weighted by atomic mass is 10.1. The fourth-order valence-corrected chi connectivity index (χ4v) is 1.59. The lowest BCUT2D eigenvalue weighted by Crippen LogP contribution is -2.34. The molecule has 0 aliphatic rings. The topological polar surface area (TPSA) is 66.6 Å². The molecule has 0 saturated carbocycles. The van der Waals surface area contributed by atoms with Crippen molar-refractivity contribution in [2.24, 2.45) is 0 Å². The van der Waals surface area contributed by atoms with Gasteiger partial charge in [0.2, 0.25) is 0 Å². The van der Waals surface area contributed by atoms with Crippen molar-refractivity contribution >= 4 is 17.3 Å². The Kier molecular flexibility index (Phi) is 4.23. The molecular formula is C11H12F4N2O2. The van der Waals surface area contributed by atoms with E-state index in [1.165, 1.54) is 6.92 Å². The Morgan fingerprint density at radius 1 is 1.42 bits per heavy atom. The zero-order valence-electron chi connectivity index (χ0n) is 9.96. The van der Waals surface area contributed by atoms with Crippen LogP contribution >= 0.6 is 0 Å². The lowest BCUT2D eigenvalue weighted by molar-refractivity contribution is -0.119. The van der Waals surface area contributed by atoms with Gasteiger partial charge in [0.25, 0.3) is 0 Å². The summed E-state index contributed by atoms with van der Waals surface area (Å²) in [5.74, 6) is -2.42. The average Bonchev–Trinajstić information content (AvgIpc) is 2.24. The standard InChI is InChI=1S/C11H12F4N2O2/c1-2-17(5-11(13,14)15)9-3-6(10(18)19)8(16)4-7(9)12/h3-4H,2,5,16H2,1H3,(H,18,19). The number of nitrogens with zero attached hydrogens (tertiary/aromatic N) is 1. The van der Waals surface area contributed by atoms with Gasteiger partial charge < -0.3 is 15.7 Å². The van der Waals surface area contributed by atoms with Crippen molar-refractivity contribution in [1.29, 1.82) is 0 Å². The minimum atomic E-state index is -4.52. The van der Waals surface area contributed by atoms with Crippen LogP contribution in [-0.2, 0) is 0 Å². The Hall–Kier alpha value is -1.99. The second-order valence-corrected chi connectivity index (χ2v) is 3.83. The van der Waals surface area contributed by atoms with E-state index in [9.17, 15) is 22.4 Å². The Morgan fingerprint density at radius 3 is 2.42 bits per heavy atom. The molecule has 106 valence electrons. The Balaban J connectivity index is 3.24. The number of halogens is 4. The molecule has 0 heterocycles. The first kappa shape index (κ1) is 15.1. The number of rotatable bonds is 4. The van der Waals surface area contributed by atoms with E-state index < -0.39 is 35.8 Å². The summed E-state index contributed by atoms with van der Waals surface area (Å²) in [7, 11) is 0. The molecule has 8 heteroatoms. The van der Waals surface area contributed by atoms with Crippen molar-refractivity contribution in [2.75, 3.05) is 23.7 Å². The van der Waals surface area contributed by atoms with Gasteiger partial charge in [-0.2, -0.15) is 13.2 Å². The van der Waals surface area contributed by atoms with Crippen LogP contribution in [0.1, 0.15) is 17.3 Å². The van der Waals surface area contributed by atoms with Crippen LogP contribution < -0.4 is 10.6 Å². The van der Waals surface area contributed by atoms with Gasteiger partial charge in [0.15, 0.2) is 0 Å². The third-order valence-corrected chi connectivity index (χ3v) is 2.44. The number of alkyl halides is 3. The molecular weight excluding hydrogens is 268 g/mol. The average molecular weight is 280 g/mol. The molecule has 3 N–H and O–H groups in total. The quantitative estimate of drug-likeness (QED) is 0.657. The van der Waals surface area contributed by atoms with Gasteiger partial charge in [-0.15, -0.1) is 0 Å². The van der Waals surface area contributed by atoms with Crippen LogP contribution in [0.5, 0.6) is 0 Å². The molecule has 0 aromatic heterocycles. The number of carboxylic acids is 1. The van der Waals surface area contributed by atoms with Crippen molar-refractivity contribution in [2.45, 2.75) is 13.1 Å². The van der Waals surface area contributed by atoms with Gasteiger partial charge in [-0.1, -0.05) is 0 Å². The maximum Gasteiger partial charge on any atom is 0.405 e. The van der Waals surface area contributed by atoms with E-state index in [-0.39, 0.29) is 12.2 Å². The number of anilines is 2. The molecule has 0 saturated heterocycles. The second-order valence-electron chi connectivity index (χ2n) is 3.83. The number of carboxylic acid groups (broad SMARTS) is 1. The Morgan fingerprint density at radius 2 is 2.00 bits per heavy atom. The first-order chi connectivity index (χ1) is 8.65. The minimum absolute atomic E-state index is 0.126. The summed E-state index contributed by atoms with van der Waals surface area (Å²) >= 11 is 0. The number of benzene rings is 1. The molecule has 1 rings (SSSR count). The summed E-state index contributed by atoms with van der Waals surface area (Å²) in [6.45, 7) is -0.0925. The highest BCUT2D eigenvalue weighted by Gasteiger charge is 2.31. The molecule has 0 aliphatic heterocycles. The molecule has 19 heavy (non-hydrogen) atoms. The predicted octanol–water partition coefficient (Wildman–Crippen LogP) is 2.49. The fourth-order valence-electron chi connectivity index (χ4n) is 1.59. The third-order valence-electron chi connectivity index (χ3n) is 2.44. The van der Waals surface area contributed by atoms with Crippen LogP contribution in [0, 0.1) is 5.82 Å². The predicted molar refractivity (Wildman–Crippen MR) is 61.7 cm³/mol. The minimum Gasteiger partial charge on any atom is -0.478 e. The van der Waals surface area contributed by atoms with Crippen LogP contribution in [0.4, 0.5) is 28.9 Å². The van der Waals surface area contributed by atoms with Crippen LogP contribution in [0.2, 0.25) is 0 Å². The van der Waals surface area contributed by atoms with Crippen LogP contribution in [0.25, 0.3) is 0 Å². The Labute approximate surface area is 106 Å². The molecule has 0 unspecified atom stereocenters. The van der Waals surface area contributed by atoms with Crippen LogP contribution in [-0.4, -0.2) is 30.3 Å². The van der Waals surface area contributed by atoms with Gasteiger partial charge in [0.1, 0.15) is 12.4 Å². The van der Waals surface area contributed by atoms with Gasteiger partial charge >= 0.3 is 12.1 Å². The normalized spacial score (nSPS) is 11.4. The summed E-state index contributed by atoms with van der Waals surface area (Å²) in [5, 5.41) is 8.82. The summed E-state index contributed by atoms with van der Waals surface area (Å²) in [5.41, 5.74) is 4.09. The van der Waals surface area contributed by atoms with Crippen molar-refractivity contribution < 1.29 is 27.5 Å². The summed E-state index contributed by atoms with van der Waals surface area (Å²) < 4.78 is 50.7. The second kappa shape index (κ2) is 5.33. The molecule has 0 radical (unpaired) electrons. The number of carbonyl (C=O) groups is 1. The maximum atomic E-state index is 13.6. The van der Waals surface area contributed by atoms with Gasteiger partial charge in [-0.05, 0) is 19.1 Å². The van der Waals surface area contributed by atoms with E-state index in [1.807, 2.05) is 0 Å². The van der Waals surface area contributed by atoms with Gasteiger partial charge in [-0.3, -0.25) is 0 Å². The first-order valence-corrected chi connectivity index (χ1v) is 5.29. The highest BCUT2D eigenvalue weighted by Crippen LogP contribution is 2.28. The van der Waals surface area contributed by atoms with E-state index in [0.717, 1.165) is 6.07 Å². The van der Waals surface area contributed by atoms with Crippen molar-refractivity contribution in [3.8, 4) is 0 Å². The molecule has 4 nitrogen and oxygen atoms in total. The summed E-state index contributed by atoms with van der Waals surface area (Å²) in [4.78, 5) is 11.5. The molecule has 0 spiro atoms. The van der Waals surface area contributed by atoms with E-state index in [1.54, 1.807) is 0 Å². The first-order valence-electron chi connectivity index (χ1n) is 5.29. The van der Waals surface area contributed by atoms with Crippen LogP contribution in [0.15, 0.2) is 12.1 Å². The number of hydrogen-bond acceptors (Lipinski definition) is 3. The molecule has 0 amide bonds. The largest absolute Gasteiger partial charge is 0.478 e. The van der Waals surface area contributed by atoms with Crippen molar-refractivity contribution in [3.63, 3.8) is 0 Å². The molecule has 1 aromatic rings. The molecule has 0 fully saturated rings. The highest BCUT2D eigenvalue weighted by molar-refractivity contribution is 5.95. The molecule has 0 atom stereocenters. The van der Waals surface area contributed by atoms with Gasteiger partial charge in [0, 0.05) is 12.2 Å². The summed E-state index contributed by atoms with van der Waals surface area (Å²) in [6, 6.07) is 1.51. The van der Waals surface area contributed by atoms with Gasteiger partial charge in [0.05, 0.1) is 11.3 Å². The molecule has 0 bridgehead atoms. The van der Waals surface area contributed by atoms with E-state index >= 15 is 0 Å². The van der Waals surface area contributed by atoms with E-state index in [0.29, 0.717) is 11.0 Å². The number of nitrogens with two attached hydrogens (primary N) is 1. The fraction of sp³-hybridized carbons (Fsp3) is 0.364. The highest BCUT2D eigenvalue weighted by atomic mass is 19.4. The third kappa shape index (κ3) is 3.73. The van der Waals surface area contributed by atoms with E-state index in [2.05, 4.69) is 0 Å². The SMILES string of the molecule is CCN(CC(F)(F)F)c1cc(C(=O)O)c(N)cc1F. The van der Waals surface area contributed by atoms with Crippen molar-refractivity contribution in [1.82, 2.24) is 0 Å². The number of nitrogen functional groups attached to an aromatic ring is 1. The van der Waals surface area contributed by atoms with Gasteiger partial charge in [-0.25, -0.2) is 9.18 Å². The van der Waals surface area contributed by atoms with Crippen molar-refractivity contribution in [3.05, 3.63) is 23.5 Å². The zero-order chi connectivity index (χ0) is 14.8. The smallest absolute Gasteiger partial charge is 0.405 e. The number of aromatic carboxylic acids is 1.